The quantitative estimate of drug-likeness (QED) is 0.198. The largest absolute Gasteiger partial charge is 0.630 e. The van der Waals surface area contributed by atoms with Gasteiger partial charge in [-0.05, 0) is 19.9 Å². The molecule has 0 saturated heterocycles. The number of para-hydroxylation sites is 1. The fraction of sp³-hybridized carbons (Fsp3) is 0.333. The highest BCUT2D eigenvalue weighted by Gasteiger charge is 2.27. The summed E-state index contributed by atoms with van der Waals surface area (Å²) >= 11 is 0. The second-order valence-electron chi connectivity index (χ2n) is 4.58. The number of nitrogens with two attached hydrogens (primary N) is 1. The zero-order valence-electron chi connectivity index (χ0n) is 13.0. The molecule has 0 unspecified atom stereocenters. The van der Waals surface area contributed by atoms with Crippen LogP contribution in [0.25, 0.3) is 0 Å². The number of hydrogen-bond donors (Lipinski definition) is 2. The van der Waals surface area contributed by atoms with Crippen LogP contribution in [0.4, 0.5) is 11.4 Å². The second-order valence-corrected chi connectivity index (χ2v) is 4.58. The Morgan fingerprint density at radius 2 is 2.14 bits per heavy atom. The highest BCUT2D eigenvalue weighted by atomic mass is 16.6. The van der Waals surface area contributed by atoms with Crippen molar-refractivity contribution in [3.8, 4) is 5.75 Å². The summed E-state index contributed by atoms with van der Waals surface area (Å²) in [5.41, 5.74) is 2.06. The minimum absolute atomic E-state index is 0.155. The molecule has 0 atom stereocenters. The molecule has 3 N–H and O–H groups in total. The third-order valence-electron chi connectivity index (χ3n) is 2.96. The summed E-state index contributed by atoms with van der Waals surface area (Å²) < 4.78 is 11.0. The lowest BCUT2D eigenvalue weighted by molar-refractivity contribution is -0.716. The van der Waals surface area contributed by atoms with Crippen LogP contribution in [0.2, 0.25) is 0 Å². The lowest BCUT2D eigenvalue weighted by atomic mass is 10.2. The van der Waals surface area contributed by atoms with E-state index in [2.05, 4.69) is 6.58 Å². The standard InChI is InChI=1S/C15H21N2O5/c1-5-21-14(18)9-22-13-8-6-7-12(16-19)15(13)17(20)11(4)10(2)3/h6-8,20H,2,5,9,16H2,1,3-4H3/q+1. The number of benzene rings is 1. The lowest BCUT2D eigenvalue weighted by Gasteiger charge is -2.10. The molecule has 0 aliphatic carbocycles. The van der Waals surface area contributed by atoms with Crippen molar-refractivity contribution >= 4 is 23.1 Å². The summed E-state index contributed by atoms with van der Waals surface area (Å²) in [6, 6.07) is 4.68. The van der Waals surface area contributed by atoms with Crippen molar-refractivity contribution in [2.24, 2.45) is 0 Å². The van der Waals surface area contributed by atoms with Gasteiger partial charge in [-0.15, -0.1) is 0 Å². The molecule has 1 rings (SSSR count). The molecule has 0 aromatic heterocycles. The average molecular weight is 309 g/mol. The van der Waals surface area contributed by atoms with Gasteiger partial charge in [0.05, 0.1) is 6.61 Å². The Hall–Kier alpha value is -2.38. The molecule has 0 fully saturated rings. The minimum atomic E-state index is -0.532. The number of hydrogen-bond acceptors (Lipinski definition) is 5. The van der Waals surface area contributed by atoms with E-state index in [1.807, 2.05) is 0 Å². The molecular weight excluding hydrogens is 288 g/mol. The van der Waals surface area contributed by atoms with Crippen molar-refractivity contribution in [1.82, 2.24) is 0 Å². The van der Waals surface area contributed by atoms with E-state index < -0.39 is 5.97 Å². The van der Waals surface area contributed by atoms with Crippen LogP contribution in [0.5, 0.6) is 5.75 Å². The molecule has 7 nitrogen and oxygen atoms in total. The van der Waals surface area contributed by atoms with Gasteiger partial charge < -0.3 is 20.2 Å². The number of nitrogens with zero attached hydrogens (tertiary/aromatic N) is 1. The smallest absolute Gasteiger partial charge is 0.359 e. The maximum atomic E-state index is 11.4. The molecule has 0 saturated carbocycles. The number of esters is 1. The monoisotopic (exact) mass is 309 g/mol. The van der Waals surface area contributed by atoms with Crippen LogP contribution < -0.4 is 10.2 Å². The molecule has 0 radical (unpaired) electrons. The van der Waals surface area contributed by atoms with E-state index in [9.17, 15) is 15.2 Å². The summed E-state index contributed by atoms with van der Waals surface area (Å²) in [5.74, 6) is -0.337. The van der Waals surface area contributed by atoms with Gasteiger partial charge in [0.2, 0.25) is 17.1 Å². The Morgan fingerprint density at radius 1 is 1.45 bits per heavy atom. The highest BCUT2D eigenvalue weighted by Crippen LogP contribution is 2.32. The van der Waals surface area contributed by atoms with E-state index in [1.165, 1.54) is 6.07 Å². The van der Waals surface area contributed by atoms with Crippen LogP contribution in [0.15, 0.2) is 30.4 Å². The maximum Gasteiger partial charge on any atom is 0.359 e. The summed E-state index contributed by atoms with van der Waals surface area (Å²) in [5, 5.41) is 21.5. The van der Waals surface area contributed by atoms with Gasteiger partial charge in [-0.2, -0.15) is 0 Å². The fourth-order valence-electron chi connectivity index (χ4n) is 1.67. The van der Waals surface area contributed by atoms with Crippen LogP contribution in [0.3, 0.4) is 0 Å². The molecule has 0 aliphatic heterocycles. The third-order valence-corrected chi connectivity index (χ3v) is 2.96. The Labute approximate surface area is 129 Å². The third kappa shape index (κ3) is 4.31. The molecule has 1 aromatic rings. The van der Waals surface area contributed by atoms with Gasteiger partial charge in [0, 0.05) is 23.3 Å². The van der Waals surface area contributed by atoms with E-state index in [1.54, 1.807) is 32.9 Å². The fourth-order valence-corrected chi connectivity index (χ4v) is 1.67. The number of quaternary nitrogens is 1. The van der Waals surface area contributed by atoms with E-state index in [-0.39, 0.29) is 30.3 Å². The van der Waals surface area contributed by atoms with Crippen molar-refractivity contribution in [1.29, 1.82) is 0 Å². The molecule has 22 heavy (non-hydrogen) atoms. The molecule has 0 spiro atoms. The second kappa shape index (κ2) is 8.16. The Balaban J connectivity index is 3.21. The van der Waals surface area contributed by atoms with Crippen LogP contribution in [-0.2, 0) is 9.53 Å². The van der Waals surface area contributed by atoms with Crippen LogP contribution >= 0.6 is 0 Å². The van der Waals surface area contributed by atoms with E-state index >= 15 is 0 Å². The van der Waals surface area contributed by atoms with Crippen molar-refractivity contribution in [2.45, 2.75) is 20.8 Å². The maximum absolute atomic E-state index is 11.4. The Morgan fingerprint density at radius 3 is 2.68 bits per heavy atom. The van der Waals surface area contributed by atoms with E-state index in [0.29, 0.717) is 16.8 Å². The predicted octanol–water partition coefficient (Wildman–Crippen LogP) is 1.39. The van der Waals surface area contributed by atoms with Crippen molar-refractivity contribution < 1.29 is 29.7 Å². The highest BCUT2D eigenvalue weighted by molar-refractivity contribution is 5.94. The molecule has 0 aliphatic rings. The zero-order chi connectivity index (χ0) is 16.7. The molecule has 120 valence electrons. The number of carbonyl (C=O) groups is 1. The van der Waals surface area contributed by atoms with Crippen molar-refractivity contribution in [3.63, 3.8) is 0 Å². The summed E-state index contributed by atoms with van der Waals surface area (Å²) in [7, 11) is 0. The van der Waals surface area contributed by atoms with Gasteiger partial charge in [-0.25, -0.2) is 4.79 Å². The molecule has 7 heteroatoms. The summed E-state index contributed by atoms with van der Waals surface area (Å²) in [6.07, 6.45) is 0. The van der Waals surface area contributed by atoms with E-state index in [0.717, 1.165) is 4.74 Å². The summed E-state index contributed by atoms with van der Waals surface area (Å²) in [6.45, 7) is 8.74. The Kier molecular flexibility index (Phi) is 6.55. The van der Waals surface area contributed by atoms with Gasteiger partial charge >= 0.3 is 11.7 Å². The molecule has 1 aromatic carbocycles. The summed E-state index contributed by atoms with van der Waals surface area (Å²) in [4.78, 5) is 11.4. The molecule has 0 bridgehead atoms. The lowest BCUT2D eigenvalue weighted by Crippen LogP contribution is -2.70. The number of carbonyl (C=O) groups excluding carboxylic acids is 1. The molecular formula is C15H21N2O5+. The van der Waals surface area contributed by atoms with Gasteiger partial charge in [-0.1, -0.05) is 12.6 Å². The van der Waals surface area contributed by atoms with Gasteiger partial charge in [0.1, 0.15) is 0 Å². The minimum Gasteiger partial charge on any atom is -0.630 e. The first-order valence-electron chi connectivity index (χ1n) is 6.77. The van der Waals surface area contributed by atoms with Gasteiger partial charge in [-0.3, -0.25) is 5.21 Å². The zero-order valence-corrected chi connectivity index (χ0v) is 13.0. The topological polar surface area (TPSA) is 98.4 Å². The normalized spacial score (nSPS) is 11.6. The van der Waals surface area contributed by atoms with E-state index in [4.69, 9.17) is 9.47 Å². The van der Waals surface area contributed by atoms with Crippen LogP contribution in [0, 0.1) is 5.21 Å². The first kappa shape index (κ1) is 17.7. The van der Waals surface area contributed by atoms with Crippen molar-refractivity contribution in [3.05, 3.63) is 35.6 Å². The predicted molar refractivity (Wildman–Crippen MR) is 80.7 cm³/mol. The van der Waals surface area contributed by atoms with Gasteiger partial charge in [0.15, 0.2) is 6.61 Å². The number of rotatable bonds is 7. The Bertz CT molecular complexity index is 596. The van der Waals surface area contributed by atoms with Crippen molar-refractivity contribution in [2.75, 3.05) is 13.2 Å². The SMILES string of the molecule is C=C(C)C(C)=[N+](O)c1c([NH2+][O-])cccc1OCC(=O)OCC. The number of ether oxygens (including phenoxy) is 2. The van der Waals surface area contributed by atoms with Crippen LogP contribution in [0.1, 0.15) is 20.8 Å². The average Bonchev–Trinajstić information content (AvgIpc) is 2.51. The first-order chi connectivity index (χ1) is 10.4. The van der Waals surface area contributed by atoms with Crippen LogP contribution in [-0.4, -0.2) is 34.8 Å². The first-order valence-corrected chi connectivity index (χ1v) is 6.77. The molecule has 0 heterocycles. The number of allylic oxidation sites excluding steroid dienone is 1. The molecule has 0 amide bonds. The van der Waals surface area contributed by atoms with Gasteiger partial charge in [0.25, 0.3) is 0 Å².